The van der Waals surface area contributed by atoms with Crippen molar-refractivity contribution in [1.82, 2.24) is 0 Å². The van der Waals surface area contributed by atoms with E-state index in [1.54, 1.807) is 66.7 Å². The third-order valence-corrected chi connectivity index (χ3v) is 3.33. The minimum absolute atomic E-state index is 0.190. The van der Waals surface area contributed by atoms with Crippen molar-refractivity contribution in [2.75, 3.05) is 0 Å². The summed E-state index contributed by atoms with van der Waals surface area (Å²) < 4.78 is 10.8. The molecule has 0 aliphatic rings. The van der Waals surface area contributed by atoms with Gasteiger partial charge in [0.25, 0.3) is 0 Å². The number of carbonyl (C=O) groups excluding carboxylic acids is 1. The Labute approximate surface area is 145 Å². The van der Waals surface area contributed by atoms with Crippen molar-refractivity contribution in [1.29, 1.82) is 0 Å². The second-order valence-electron chi connectivity index (χ2n) is 5.23. The molecule has 124 valence electrons. The van der Waals surface area contributed by atoms with Crippen molar-refractivity contribution in [3.8, 4) is 23.0 Å². The van der Waals surface area contributed by atoms with E-state index < -0.39 is 5.97 Å². The minimum Gasteiger partial charge on any atom is -0.508 e. The normalized spacial score (nSPS) is 10.6. The smallest absolute Gasteiger partial charge is 0.336 e. The second-order valence-corrected chi connectivity index (χ2v) is 5.23. The molecule has 4 nitrogen and oxygen atoms in total. The lowest BCUT2D eigenvalue weighted by Crippen LogP contribution is -2.03. The number of phenols is 1. The van der Waals surface area contributed by atoms with Gasteiger partial charge in [-0.05, 0) is 60.2 Å². The van der Waals surface area contributed by atoms with Crippen molar-refractivity contribution in [2.45, 2.75) is 0 Å². The predicted octanol–water partition coefficient (Wildman–Crippen LogP) is 4.80. The van der Waals surface area contributed by atoms with E-state index in [0.29, 0.717) is 17.2 Å². The Kier molecular flexibility index (Phi) is 5.12. The van der Waals surface area contributed by atoms with Gasteiger partial charge < -0.3 is 14.6 Å². The van der Waals surface area contributed by atoms with Crippen LogP contribution in [0.4, 0.5) is 0 Å². The van der Waals surface area contributed by atoms with Crippen LogP contribution in [-0.2, 0) is 4.79 Å². The molecule has 0 aliphatic heterocycles. The van der Waals surface area contributed by atoms with E-state index in [2.05, 4.69) is 0 Å². The van der Waals surface area contributed by atoms with Crippen LogP contribution in [0.2, 0.25) is 0 Å². The highest BCUT2D eigenvalue weighted by Gasteiger charge is 2.00. The molecule has 4 heteroatoms. The fourth-order valence-corrected chi connectivity index (χ4v) is 2.10. The number of ether oxygens (including phenoxy) is 2. The molecule has 0 aromatic heterocycles. The lowest BCUT2D eigenvalue weighted by Gasteiger charge is -2.05. The molecule has 0 heterocycles. The van der Waals surface area contributed by atoms with Gasteiger partial charge in [-0.3, -0.25) is 0 Å². The first-order valence-corrected chi connectivity index (χ1v) is 7.71. The van der Waals surface area contributed by atoms with Gasteiger partial charge in [-0.2, -0.15) is 0 Å². The van der Waals surface area contributed by atoms with E-state index in [0.717, 1.165) is 5.56 Å². The quantitative estimate of drug-likeness (QED) is 0.414. The number of hydrogen-bond acceptors (Lipinski definition) is 4. The van der Waals surface area contributed by atoms with Gasteiger partial charge in [-0.15, -0.1) is 0 Å². The number of benzene rings is 3. The van der Waals surface area contributed by atoms with Crippen molar-refractivity contribution >= 4 is 12.0 Å². The first kappa shape index (κ1) is 16.3. The highest BCUT2D eigenvalue weighted by Crippen LogP contribution is 2.23. The molecule has 0 atom stereocenters. The third kappa shape index (κ3) is 4.97. The van der Waals surface area contributed by atoms with E-state index in [9.17, 15) is 9.90 Å². The standard InChI is InChI=1S/C21H16O4/c22-17-9-13-20(14-10-17)24-19-11-6-16(7-12-19)8-15-21(23)25-18-4-2-1-3-5-18/h1-15,22H. The summed E-state index contributed by atoms with van der Waals surface area (Å²) in [5.74, 6) is 1.56. The van der Waals surface area contributed by atoms with E-state index in [1.807, 2.05) is 18.2 Å². The molecule has 1 N–H and O–H groups in total. The first-order valence-electron chi connectivity index (χ1n) is 7.71. The first-order chi connectivity index (χ1) is 12.2. The molecule has 0 aliphatic carbocycles. The molecule has 0 fully saturated rings. The number of phenolic OH excluding ortho intramolecular Hbond substituents is 1. The van der Waals surface area contributed by atoms with E-state index in [-0.39, 0.29) is 5.75 Å². The van der Waals surface area contributed by atoms with Crippen LogP contribution in [0.5, 0.6) is 23.0 Å². The Balaban J connectivity index is 1.58. The molecular formula is C21H16O4. The molecule has 0 spiro atoms. The van der Waals surface area contributed by atoms with Crippen molar-refractivity contribution in [3.05, 3.63) is 90.5 Å². The van der Waals surface area contributed by atoms with Crippen LogP contribution in [0, 0.1) is 0 Å². The molecule has 3 aromatic carbocycles. The van der Waals surface area contributed by atoms with Gasteiger partial charge in [-0.25, -0.2) is 4.79 Å². The van der Waals surface area contributed by atoms with Gasteiger partial charge >= 0.3 is 5.97 Å². The van der Waals surface area contributed by atoms with Gasteiger partial charge in [-0.1, -0.05) is 30.3 Å². The van der Waals surface area contributed by atoms with Crippen LogP contribution in [0.3, 0.4) is 0 Å². The number of hydrogen-bond donors (Lipinski definition) is 1. The Hall–Kier alpha value is -3.53. The molecule has 0 bridgehead atoms. The Bertz CT molecular complexity index is 851. The molecule has 0 radical (unpaired) electrons. The van der Waals surface area contributed by atoms with Crippen LogP contribution in [-0.4, -0.2) is 11.1 Å². The lowest BCUT2D eigenvalue weighted by molar-refractivity contribution is -0.128. The van der Waals surface area contributed by atoms with E-state index in [1.165, 1.54) is 6.08 Å². The minimum atomic E-state index is -0.435. The predicted molar refractivity (Wildman–Crippen MR) is 95.7 cm³/mol. The van der Waals surface area contributed by atoms with Crippen LogP contribution >= 0.6 is 0 Å². The number of esters is 1. The van der Waals surface area contributed by atoms with Gasteiger partial charge in [0.15, 0.2) is 0 Å². The van der Waals surface area contributed by atoms with Crippen molar-refractivity contribution < 1.29 is 19.4 Å². The molecule has 0 amide bonds. The fraction of sp³-hybridized carbons (Fsp3) is 0. The number of aromatic hydroxyl groups is 1. The summed E-state index contributed by atoms with van der Waals surface area (Å²) in [5.41, 5.74) is 0.850. The maximum absolute atomic E-state index is 11.8. The third-order valence-electron chi connectivity index (χ3n) is 3.33. The largest absolute Gasteiger partial charge is 0.508 e. The SMILES string of the molecule is O=C(C=Cc1ccc(Oc2ccc(O)cc2)cc1)Oc1ccccc1. The number of para-hydroxylation sites is 1. The summed E-state index contributed by atoms with van der Waals surface area (Å²) in [6.07, 6.45) is 3.05. The summed E-state index contributed by atoms with van der Waals surface area (Å²) in [6, 6.07) is 22.7. The lowest BCUT2D eigenvalue weighted by atomic mass is 10.2. The Morgan fingerprint density at radius 1 is 0.760 bits per heavy atom. The summed E-state index contributed by atoms with van der Waals surface area (Å²) in [6.45, 7) is 0. The molecule has 3 aromatic rings. The van der Waals surface area contributed by atoms with Crippen LogP contribution in [0.1, 0.15) is 5.56 Å². The van der Waals surface area contributed by atoms with Crippen LogP contribution < -0.4 is 9.47 Å². The highest BCUT2D eigenvalue weighted by atomic mass is 16.5. The maximum atomic E-state index is 11.8. The zero-order valence-electron chi connectivity index (χ0n) is 13.3. The number of rotatable bonds is 5. The Morgan fingerprint density at radius 3 is 2.00 bits per heavy atom. The topological polar surface area (TPSA) is 55.8 Å². The van der Waals surface area contributed by atoms with Crippen molar-refractivity contribution in [2.24, 2.45) is 0 Å². The van der Waals surface area contributed by atoms with Crippen LogP contribution in [0.15, 0.2) is 84.9 Å². The molecule has 0 saturated carbocycles. The summed E-state index contributed by atoms with van der Waals surface area (Å²) in [5, 5.41) is 9.26. The summed E-state index contributed by atoms with van der Waals surface area (Å²) in [7, 11) is 0. The van der Waals surface area contributed by atoms with Crippen molar-refractivity contribution in [3.63, 3.8) is 0 Å². The molecule has 25 heavy (non-hydrogen) atoms. The average Bonchev–Trinajstić information content (AvgIpc) is 2.64. The summed E-state index contributed by atoms with van der Waals surface area (Å²) in [4.78, 5) is 11.8. The highest BCUT2D eigenvalue weighted by molar-refractivity contribution is 5.88. The number of carbonyl (C=O) groups is 1. The van der Waals surface area contributed by atoms with Gasteiger partial charge in [0.2, 0.25) is 0 Å². The van der Waals surface area contributed by atoms with Crippen LogP contribution in [0.25, 0.3) is 6.08 Å². The second kappa shape index (κ2) is 7.84. The van der Waals surface area contributed by atoms with E-state index >= 15 is 0 Å². The Morgan fingerprint density at radius 2 is 1.36 bits per heavy atom. The molecule has 3 rings (SSSR count). The molecule has 0 saturated heterocycles. The zero-order valence-corrected chi connectivity index (χ0v) is 13.3. The fourth-order valence-electron chi connectivity index (χ4n) is 2.10. The average molecular weight is 332 g/mol. The monoisotopic (exact) mass is 332 g/mol. The summed E-state index contributed by atoms with van der Waals surface area (Å²) >= 11 is 0. The molecule has 0 unspecified atom stereocenters. The zero-order chi connectivity index (χ0) is 17.5. The van der Waals surface area contributed by atoms with Gasteiger partial charge in [0, 0.05) is 6.08 Å². The molecular weight excluding hydrogens is 316 g/mol. The van der Waals surface area contributed by atoms with Gasteiger partial charge in [0.05, 0.1) is 0 Å². The van der Waals surface area contributed by atoms with Gasteiger partial charge in [0.1, 0.15) is 23.0 Å². The maximum Gasteiger partial charge on any atom is 0.336 e. The van der Waals surface area contributed by atoms with E-state index in [4.69, 9.17) is 9.47 Å².